The van der Waals surface area contributed by atoms with Crippen molar-refractivity contribution in [3.63, 3.8) is 0 Å². The van der Waals surface area contributed by atoms with Gasteiger partial charge in [0.1, 0.15) is 0 Å². The Bertz CT molecular complexity index is 646. The highest BCUT2D eigenvalue weighted by Crippen LogP contribution is 2.40. The van der Waals surface area contributed by atoms with Crippen molar-refractivity contribution in [1.29, 1.82) is 0 Å². The fourth-order valence-corrected chi connectivity index (χ4v) is 3.35. The molecule has 2 aromatic heterocycles. The number of rotatable bonds is 5. The molecule has 1 atom stereocenters. The Morgan fingerprint density at radius 3 is 2.81 bits per heavy atom. The summed E-state index contributed by atoms with van der Waals surface area (Å²) in [6.45, 7) is 4.10. The molecule has 0 aromatic carbocycles. The Labute approximate surface area is 129 Å². The number of carbonyl (C=O) groups excluding carboxylic acids is 1. The molecule has 1 amide bonds. The van der Waals surface area contributed by atoms with Gasteiger partial charge in [0.25, 0.3) is 5.91 Å². The number of amides is 1. The Balaban J connectivity index is 1.77. The van der Waals surface area contributed by atoms with Crippen molar-refractivity contribution < 1.29 is 4.79 Å². The van der Waals surface area contributed by atoms with E-state index in [1.54, 1.807) is 11.3 Å². The van der Waals surface area contributed by atoms with Crippen LogP contribution in [0.2, 0.25) is 0 Å². The average molecular weight is 300 g/mol. The normalized spacial score (nSPS) is 15.7. The number of hydrogen-bond acceptors (Lipinski definition) is 3. The lowest BCUT2D eigenvalue weighted by atomic mass is 10.1. The quantitative estimate of drug-likeness (QED) is 0.910. The van der Waals surface area contributed by atoms with Crippen molar-refractivity contribution in [3.8, 4) is 0 Å². The fraction of sp³-hybridized carbons (Fsp3) is 0.412. The summed E-state index contributed by atoms with van der Waals surface area (Å²) in [6.07, 6.45) is 3.32. The van der Waals surface area contributed by atoms with Gasteiger partial charge in [0.2, 0.25) is 0 Å². The molecule has 2 aromatic rings. The van der Waals surface area contributed by atoms with E-state index in [1.807, 2.05) is 37.3 Å². The highest BCUT2D eigenvalue weighted by molar-refractivity contribution is 7.14. The van der Waals surface area contributed by atoms with Crippen LogP contribution in [0.25, 0.3) is 0 Å². The van der Waals surface area contributed by atoms with E-state index < -0.39 is 0 Å². The first-order valence-electron chi connectivity index (χ1n) is 7.50. The molecule has 3 nitrogen and oxygen atoms in total. The largest absolute Gasteiger partial charge is 0.343 e. The molecule has 1 N–H and O–H groups in total. The van der Waals surface area contributed by atoms with Crippen LogP contribution in [0, 0.1) is 12.8 Å². The van der Waals surface area contributed by atoms with E-state index in [2.05, 4.69) is 17.2 Å². The first-order valence-corrected chi connectivity index (χ1v) is 8.32. The van der Waals surface area contributed by atoms with Gasteiger partial charge in [-0.3, -0.25) is 9.78 Å². The summed E-state index contributed by atoms with van der Waals surface area (Å²) >= 11 is 1.58. The summed E-state index contributed by atoms with van der Waals surface area (Å²) in [5.74, 6) is 0.564. The van der Waals surface area contributed by atoms with Crippen LogP contribution in [0.1, 0.15) is 51.7 Å². The van der Waals surface area contributed by atoms with Gasteiger partial charge in [0.05, 0.1) is 16.6 Å². The Hall–Kier alpha value is -1.68. The SMILES string of the molecule is CCc1ccc(C(=O)N[C@@H](c2cccc(C)n2)C2CC2)s1. The van der Waals surface area contributed by atoms with Gasteiger partial charge in [0, 0.05) is 10.6 Å². The van der Waals surface area contributed by atoms with Crippen molar-refractivity contribution in [2.45, 2.75) is 39.2 Å². The van der Waals surface area contributed by atoms with Gasteiger partial charge in [-0.2, -0.15) is 0 Å². The molecule has 0 unspecified atom stereocenters. The van der Waals surface area contributed by atoms with Crippen molar-refractivity contribution in [1.82, 2.24) is 10.3 Å². The van der Waals surface area contributed by atoms with Crippen LogP contribution in [0.3, 0.4) is 0 Å². The molecule has 1 aliphatic carbocycles. The van der Waals surface area contributed by atoms with E-state index in [1.165, 1.54) is 17.7 Å². The predicted molar refractivity (Wildman–Crippen MR) is 85.6 cm³/mol. The monoisotopic (exact) mass is 300 g/mol. The number of nitrogens with one attached hydrogen (secondary N) is 1. The fourth-order valence-electron chi connectivity index (χ4n) is 2.50. The minimum atomic E-state index is 0.0277. The maximum atomic E-state index is 12.4. The number of aromatic nitrogens is 1. The summed E-state index contributed by atoms with van der Waals surface area (Å²) < 4.78 is 0. The first kappa shape index (κ1) is 14.3. The molecule has 1 fully saturated rings. The number of pyridine rings is 1. The molecule has 0 bridgehead atoms. The zero-order valence-electron chi connectivity index (χ0n) is 12.4. The maximum absolute atomic E-state index is 12.4. The molecule has 4 heteroatoms. The molecule has 2 heterocycles. The summed E-state index contributed by atoms with van der Waals surface area (Å²) in [4.78, 5) is 19.1. The van der Waals surface area contributed by atoms with E-state index in [0.717, 1.165) is 22.7 Å². The number of aryl methyl sites for hydroxylation is 2. The zero-order valence-corrected chi connectivity index (χ0v) is 13.2. The van der Waals surface area contributed by atoms with Gasteiger partial charge < -0.3 is 5.32 Å². The van der Waals surface area contributed by atoms with Crippen molar-refractivity contribution >= 4 is 17.2 Å². The number of carbonyl (C=O) groups is 1. The molecule has 0 spiro atoms. The van der Waals surface area contributed by atoms with Crippen LogP contribution in [-0.4, -0.2) is 10.9 Å². The van der Waals surface area contributed by atoms with Crippen LogP contribution >= 0.6 is 11.3 Å². The summed E-state index contributed by atoms with van der Waals surface area (Å²) in [6, 6.07) is 10.0. The average Bonchev–Trinajstić information content (AvgIpc) is 3.20. The second-order valence-electron chi connectivity index (χ2n) is 5.61. The lowest BCUT2D eigenvalue weighted by Crippen LogP contribution is -2.30. The van der Waals surface area contributed by atoms with E-state index in [0.29, 0.717) is 5.92 Å². The van der Waals surface area contributed by atoms with Crippen molar-refractivity contribution in [3.05, 3.63) is 51.5 Å². The predicted octanol–water partition coefficient (Wildman–Crippen LogP) is 3.90. The minimum Gasteiger partial charge on any atom is -0.343 e. The van der Waals surface area contributed by atoms with Crippen LogP contribution in [0.5, 0.6) is 0 Å². The van der Waals surface area contributed by atoms with Crippen molar-refractivity contribution in [2.24, 2.45) is 5.92 Å². The van der Waals surface area contributed by atoms with Crippen LogP contribution in [0.15, 0.2) is 30.3 Å². The smallest absolute Gasteiger partial charge is 0.261 e. The molecule has 0 radical (unpaired) electrons. The van der Waals surface area contributed by atoms with E-state index >= 15 is 0 Å². The van der Waals surface area contributed by atoms with E-state index in [-0.39, 0.29) is 11.9 Å². The van der Waals surface area contributed by atoms with Gasteiger partial charge in [-0.25, -0.2) is 0 Å². The van der Waals surface area contributed by atoms with Crippen LogP contribution in [-0.2, 0) is 6.42 Å². The van der Waals surface area contributed by atoms with Crippen LogP contribution < -0.4 is 5.32 Å². The Kier molecular flexibility index (Phi) is 4.06. The lowest BCUT2D eigenvalue weighted by Gasteiger charge is -2.17. The molecular formula is C17H20N2OS. The molecule has 0 aliphatic heterocycles. The third-order valence-corrected chi connectivity index (χ3v) is 5.07. The summed E-state index contributed by atoms with van der Waals surface area (Å²) in [7, 11) is 0. The number of thiophene rings is 1. The van der Waals surface area contributed by atoms with E-state index in [4.69, 9.17) is 0 Å². The molecule has 3 rings (SSSR count). The Morgan fingerprint density at radius 2 is 2.19 bits per heavy atom. The van der Waals surface area contributed by atoms with Gasteiger partial charge in [0.15, 0.2) is 0 Å². The lowest BCUT2D eigenvalue weighted by molar-refractivity contribution is 0.0935. The topological polar surface area (TPSA) is 42.0 Å². The molecule has 1 saturated carbocycles. The van der Waals surface area contributed by atoms with Crippen LogP contribution in [0.4, 0.5) is 0 Å². The molecule has 0 saturated heterocycles. The highest BCUT2D eigenvalue weighted by Gasteiger charge is 2.34. The minimum absolute atomic E-state index is 0.0277. The summed E-state index contributed by atoms with van der Waals surface area (Å²) in [5, 5.41) is 3.19. The maximum Gasteiger partial charge on any atom is 0.261 e. The van der Waals surface area contributed by atoms with Gasteiger partial charge >= 0.3 is 0 Å². The zero-order chi connectivity index (χ0) is 14.8. The first-order chi connectivity index (χ1) is 10.2. The molecule has 110 valence electrons. The highest BCUT2D eigenvalue weighted by atomic mass is 32.1. The van der Waals surface area contributed by atoms with Crippen molar-refractivity contribution in [2.75, 3.05) is 0 Å². The third kappa shape index (κ3) is 3.32. The molecular weight excluding hydrogens is 280 g/mol. The third-order valence-electron chi connectivity index (χ3n) is 3.84. The van der Waals surface area contributed by atoms with Gasteiger partial charge in [-0.05, 0) is 56.4 Å². The second-order valence-corrected chi connectivity index (χ2v) is 6.78. The van der Waals surface area contributed by atoms with Gasteiger partial charge in [-0.15, -0.1) is 11.3 Å². The molecule has 1 aliphatic rings. The van der Waals surface area contributed by atoms with Gasteiger partial charge in [-0.1, -0.05) is 13.0 Å². The second kappa shape index (κ2) is 5.98. The standard InChI is InChI=1S/C17H20N2OS/c1-3-13-9-10-15(21-13)17(20)19-16(12-7-8-12)14-6-4-5-11(2)18-14/h4-6,9-10,12,16H,3,7-8H2,1-2H3,(H,19,20)/t16-/m1/s1. The number of nitrogens with zero attached hydrogens (tertiary/aromatic N) is 1. The Morgan fingerprint density at radius 1 is 1.38 bits per heavy atom. The summed E-state index contributed by atoms with van der Waals surface area (Å²) in [5.41, 5.74) is 1.98. The molecule has 21 heavy (non-hydrogen) atoms. The van der Waals surface area contributed by atoms with E-state index in [9.17, 15) is 4.79 Å². The number of hydrogen-bond donors (Lipinski definition) is 1.